The second-order valence-electron chi connectivity index (χ2n) is 4.72. The van der Waals surface area contributed by atoms with E-state index in [-0.39, 0.29) is 6.04 Å². The SMILES string of the molecule is Cc1cc(C(NN)C2=CCCO2)nc2ccccc12. The highest BCUT2D eigenvalue weighted by molar-refractivity contribution is 5.82. The van der Waals surface area contributed by atoms with E-state index >= 15 is 0 Å². The summed E-state index contributed by atoms with van der Waals surface area (Å²) in [4.78, 5) is 4.69. The number of nitrogens with zero attached hydrogens (tertiary/aromatic N) is 1. The molecule has 3 N–H and O–H groups in total. The molecular formula is C15H17N3O. The van der Waals surface area contributed by atoms with Gasteiger partial charge in [-0.1, -0.05) is 18.2 Å². The number of rotatable bonds is 3. The summed E-state index contributed by atoms with van der Waals surface area (Å²) in [5.41, 5.74) is 5.87. The first-order valence-electron chi connectivity index (χ1n) is 6.45. The lowest BCUT2D eigenvalue weighted by atomic mass is 10.0. The van der Waals surface area contributed by atoms with Crippen molar-refractivity contribution < 1.29 is 4.74 Å². The van der Waals surface area contributed by atoms with Crippen LogP contribution in [0, 0.1) is 6.92 Å². The third-order valence-electron chi connectivity index (χ3n) is 3.42. The van der Waals surface area contributed by atoms with E-state index in [4.69, 9.17) is 10.6 Å². The summed E-state index contributed by atoms with van der Waals surface area (Å²) in [6.45, 7) is 2.81. The summed E-state index contributed by atoms with van der Waals surface area (Å²) < 4.78 is 5.59. The van der Waals surface area contributed by atoms with Crippen LogP contribution in [0.3, 0.4) is 0 Å². The Kier molecular flexibility index (Phi) is 3.19. The molecule has 1 unspecified atom stereocenters. The summed E-state index contributed by atoms with van der Waals surface area (Å²) in [7, 11) is 0. The van der Waals surface area contributed by atoms with Gasteiger partial charge >= 0.3 is 0 Å². The number of nitrogens with two attached hydrogens (primary N) is 1. The van der Waals surface area contributed by atoms with Crippen molar-refractivity contribution in [1.82, 2.24) is 10.4 Å². The summed E-state index contributed by atoms with van der Waals surface area (Å²) >= 11 is 0. The number of hydrogen-bond acceptors (Lipinski definition) is 4. The first-order valence-corrected chi connectivity index (χ1v) is 6.45. The van der Waals surface area contributed by atoms with Crippen molar-refractivity contribution in [3.05, 3.63) is 53.4 Å². The quantitative estimate of drug-likeness (QED) is 0.653. The molecule has 0 radical (unpaired) electrons. The third kappa shape index (κ3) is 2.20. The van der Waals surface area contributed by atoms with Gasteiger partial charge in [0.2, 0.25) is 0 Å². The zero-order valence-corrected chi connectivity index (χ0v) is 10.9. The number of benzene rings is 1. The van der Waals surface area contributed by atoms with Crippen LogP contribution in [-0.4, -0.2) is 11.6 Å². The van der Waals surface area contributed by atoms with Gasteiger partial charge in [-0.15, -0.1) is 0 Å². The van der Waals surface area contributed by atoms with E-state index in [0.717, 1.165) is 30.0 Å². The molecule has 1 aromatic carbocycles. The molecule has 2 aromatic rings. The number of fused-ring (bicyclic) bond motifs is 1. The smallest absolute Gasteiger partial charge is 0.120 e. The highest BCUT2D eigenvalue weighted by Gasteiger charge is 2.21. The van der Waals surface area contributed by atoms with Gasteiger partial charge in [-0.05, 0) is 30.7 Å². The molecule has 0 bridgehead atoms. The number of hydrogen-bond donors (Lipinski definition) is 2. The van der Waals surface area contributed by atoms with Gasteiger partial charge in [-0.3, -0.25) is 10.8 Å². The number of hydrazine groups is 1. The van der Waals surface area contributed by atoms with Crippen LogP contribution in [0.2, 0.25) is 0 Å². The summed E-state index contributed by atoms with van der Waals surface area (Å²) in [5.74, 6) is 6.53. The summed E-state index contributed by atoms with van der Waals surface area (Å²) in [6, 6.07) is 10.0. The molecule has 1 aliphatic heterocycles. The second kappa shape index (κ2) is 4.99. The molecule has 19 heavy (non-hydrogen) atoms. The van der Waals surface area contributed by atoms with E-state index in [0.29, 0.717) is 0 Å². The van der Waals surface area contributed by atoms with E-state index < -0.39 is 0 Å². The number of para-hydroxylation sites is 1. The minimum atomic E-state index is -0.175. The Morgan fingerprint density at radius 3 is 2.95 bits per heavy atom. The zero-order chi connectivity index (χ0) is 13.2. The summed E-state index contributed by atoms with van der Waals surface area (Å²) in [5, 5.41) is 1.17. The number of aromatic nitrogens is 1. The van der Waals surface area contributed by atoms with Gasteiger partial charge in [0.1, 0.15) is 11.8 Å². The molecule has 0 spiro atoms. The van der Waals surface area contributed by atoms with Gasteiger partial charge in [-0.2, -0.15) is 0 Å². The molecule has 0 aliphatic carbocycles. The van der Waals surface area contributed by atoms with Crippen LogP contribution in [0.5, 0.6) is 0 Å². The van der Waals surface area contributed by atoms with E-state index in [2.05, 4.69) is 35.5 Å². The Bertz CT molecular complexity index is 636. The molecule has 3 rings (SSSR count). The number of nitrogens with one attached hydrogen (secondary N) is 1. The van der Waals surface area contributed by atoms with Crippen LogP contribution in [-0.2, 0) is 4.74 Å². The average molecular weight is 255 g/mol. The maximum atomic E-state index is 5.67. The van der Waals surface area contributed by atoms with Crippen molar-refractivity contribution in [2.45, 2.75) is 19.4 Å². The molecule has 0 saturated carbocycles. The normalized spacial score (nSPS) is 16.2. The largest absolute Gasteiger partial charge is 0.496 e. The highest BCUT2D eigenvalue weighted by Crippen LogP contribution is 2.27. The Labute approximate surface area is 112 Å². The Morgan fingerprint density at radius 1 is 1.37 bits per heavy atom. The topological polar surface area (TPSA) is 60.2 Å². The van der Waals surface area contributed by atoms with Crippen molar-refractivity contribution >= 4 is 10.9 Å². The fourth-order valence-corrected chi connectivity index (χ4v) is 2.47. The molecule has 4 heteroatoms. The Morgan fingerprint density at radius 2 is 2.21 bits per heavy atom. The molecule has 1 aliphatic rings. The predicted molar refractivity (Wildman–Crippen MR) is 75.2 cm³/mol. The zero-order valence-electron chi connectivity index (χ0n) is 10.9. The fourth-order valence-electron chi connectivity index (χ4n) is 2.47. The average Bonchev–Trinajstić information content (AvgIpc) is 2.94. The highest BCUT2D eigenvalue weighted by atomic mass is 16.5. The predicted octanol–water partition coefficient (Wildman–Crippen LogP) is 2.35. The van der Waals surface area contributed by atoms with Gasteiger partial charge in [0.25, 0.3) is 0 Å². The van der Waals surface area contributed by atoms with Gasteiger partial charge in [0.05, 0.1) is 17.8 Å². The summed E-state index contributed by atoms with van der Waals surface area (Å²) in [6.07, 6.45) is 3.00. The minimum absolute atomic E-state index is 0.175. The molecule has 0 saturated heterocycles. The van der Waals surface area contributed by atoms with E-state index in [9.17, 15) is 0 Å². The van der Waals surface area contributed by atoms with Gasteiger partial charge in [0.15, 0.2) is 0 Å². The second-order valence-corrected chi connectivity index (χ2v) is 4.72. The molecule has 4 nitrogen and oxygen atoms in total. The van der Waals surface area contributed by atoms with E-state index in [1.165, 1.54) is 10.9 Å². The van der Waals surface area contributed by atoms with Crippen LogP contribution >= 0.6 is 0 Å². The van der Waals surface area contributed by atoms with Crippen LogP contribution < -0.4 is 11.3 Å². The maximum Gasteiger partial charge on any atom is 0.120 e. The first kappa shape index (κ1) is 12.1. The molecule has 98 valence electrons. The van der Waals surface area contributed by atoms with Gasteiger partial charge in [-0.25, -0.2) is 5.43 Å². The standard InChI is InChI=1S/C15H17N3O/c1-10-9-13(15(18-16)14-7-4-8-19-14)17-12-6-3-2-5-11(10)12/h2-3,5-7,9,15,18H,4,8,16H2,1H3. The molecule has 1 atom stereocenters. The lowest BCUT2D eigenvalue weighted by Gasteiger charge is -2.18. The molecule has 0 amide bonds. The van der Waals surface area contributed by atoms with Crippen molar-refractivity contribution in [1.29, 1.82) is 0 Å². The number of aryl methyl sites for hydroxylation is 1. The lowest BCUT2D eigenvalue weighted by molar-refractivity contribution is 0.214. The van der Waals surface area contributed by atoms with Crippen molar-refractivity contribution in [3.8, 4) is 0 Å². The van der Waals surface area contributed by atoms with Crippen LogP contribution in [0.15, 0.2) is 42.2 Å². The lowest BCUT2D eigenvalue weighted by Crippen LogP contribution is -2.30. The Hall–Kier alpha value is -1.91. The fraction of sp³-hybridized carbons (Fsp3) is 0.267. The van der Waals surface area contributed by atoms with Gasteiger partial charge < -0.3 is 4.74 Å². The Balaban J connectivity index is 2.08. The number of ether oxygens (including phenoxy) is 1. The number of pyridine rings is 1. The van der Waals surface area contributed by atoms with Crippen LogP contribution in [0.4, 0.5) is 0 Å². The van der Waals surface area contributed by atoms with Crippen LogP contribution in [0.1, 0.15) is 23.7 Å². The molecule has 0 fully saturated rings. The van der Waals surface area contributed by atoms with Crippen molar-refractivity contribution in [2.75, 3.05) is 6.61 Å². The van der Waals surface area contributed by atoms with Crippen molar-refractivity contribution in [2.24, 2.45) is 5.84 Å². The van der Waals surface area contributed by atoms with Crippen molar-refractivity contribution in [3.63, 3.8) is 0 Å². The van der Waals surface area contributed by atoms with E-state index in [1.807, 2.05) is 18.2 Å². The van der Waals surface area contributed by atoms with E-state index in [1.54, 1.807) is 0 Å². The first-order chi connectivity index (χ1) is 9.29. The molecule has 2 heterocycles. The minimum Gasteiger partial charge on any atom is -0.496 e. The monoisotopic (exact) mass is 255 g/mol. The maximum absolute atomic E-state index is 5.67. The van der Waals surface area contributed by atoms with Gasteiger partial charge in [0, 0.05) is 11.8 Å². The third-order valence-corrected chi connectivity index (χ3v) is 3.42. The molecule has 1 aromatic heterocycles. The molecular weight excluding hydrogens is 238 g/mol. The van der Waals surface area contributed by atoms with Crippen LogP contribution in [0.25, 0.3) is 10.9 Å².